The summed E-state index contributed by atoms with van der Waals surface area (Å²) in [7, 11) is 0. The number of tetrazole rings is 1. The first-order valence-corrected chi connectivity index (χ1v) is 9.82. The highest BCUT2D eigenvalue weighted by atomic mass is 16.5. The Bertz CT molecular complexity index is 1140. The number of aromatic nitrogens is 5. The molecule has 0 aliphatic carbocycles. The average Bonchev–Trinajstić information content (AvgIpc) is 3.29. The van der Waals surface area contributed by atoms with Crippen molar-refractivity contribution in [3.8, 4) is 34.0 Å². The third kappa shape index (κ3) is 4.00. The summed E-state index contributed by atoms with van der Waals surface area (Å²) in [6, 6.07) is 18.1. The largest absolute Gasteiger partial charge is 0.488 e. The Morgan fingerprint density at radius 3 is 2.37 bits per heavy atom. The molecular formula is C23H23N5O2. The molecule has 1 N–H and O–H groups in total. The first kappa shape index (κ1) is 19.6. The van der Waals surface area contributed by atoms with Crippen LogP contribution in [0.25, 0.3) is 22.5 Å². The summed E-state index contributed by atoms with van der Waals surface area (Å²) in [5, 5.41) is 14.5. The summed E-state index contributed by atoms with van der Waals surface area (Å²) in [6.07, 6.45) is 0. The van der Waals surface area contributed by atoms with Gasteiger partial charge in [-0.1, -0.05) is 48.5 Å². The maximum Gasteiger partial charge on any atom is 0.205 e. The Labute approximate surface area is 175 Å². The smallest absolute Gasteiger partial charge is 0.205 e. The highest BCUT2D eigenvalue weighted by Gasteiger charge is 2.15. The zero-order valence-corrected chi connectivity index (χ0v) is 17.2. The number of hydrogen-bond donors (Lipinski definition) is 1. The van der Waals surface area contributed by atoms with Crippen molar-refractivity contribution in [2.45, 2.75) is 27.4 Å². The topological polar surface area (TPSA) is 85.8 Å². The summed E-state index contributed by atoms with van der Waals surface area (Å²) in [5.74, 6) is 1.94. The van der Waals surface area contributed by atoms with E-state index in [1.807, 2.05) is 57.2 Å². The van der Waals surface area contributed by atoms with Gasteiger partial charge < -0.3 is 9.47 Å². The number of benzene rings is 2. The average molecular weight is 401 g/mol. The minimum atomic E-state index is 0.389. The molecule has 4 aromatic rings. The van der Waals surface area contributed by atoms with Crippen LogP contribution < -0.4 is 9.47 Å². The minimum Gasteiger partial charge on any atom is -0.488 e. The molecule has 0 radical (unpaired) electrons. The number of H-pyrrole nitrogens is 1. The maximum atomic E-state index is 6.22. The summed E-state index contributed by atoms with van der Waals surface area (Å²) >= 11 is 0. The van der Waals surface area contributed by atoms with Gasteiger partial charge in [0, 0.05) is 17.3 Å². The van der Waals surface area contributed by atoms with Gasteiger partial charge in [-0.05, 0) is 42.7 Å². The van der Waals surface area contributed by atoms with Gasteiger partial charge in [0.25, 0.3) is 0 Å². The van der Waals surface area contributed by atoms with Crippen LogP contribution in [0.1, 0.15) is 23.9 Å². The number of hydrogen-bond acceptors (Lipinski definition) is 6. The summed E-state index contributed by atoms with van der Waals surface area (Å²) in [6.45, 7) is 6.77. The van der Waals surface area contributed by atoms with E-state index in [9.17, 15) is 0 Å². The lowest BCUT2D eigenvalue weighted by Crippen LogP contribution is -2.04. The summed E-state index contributed by atoms with van der Waals surface area (Å²) < 4.78 is 12.0. The molecule has 7 heteroatoms. The minimum absolute atomic E-state index is 0.389. The van der Waals surface area contributed by atoms with Crippen molar-refractivity contribution < 1.29 is 9.47 Å². The molecule has 4 rings (SSSR count). The molecule has 0 fully saturated rings. The van der Waals surface area contributed by atoms with E-state index < -0.39 is 0 Å². The highest BCUT2D eigenvalue weighted by molar-refractivity contribution is 5.82. The monoisotopic (exact) mass is 401 g/mol. The van der Waals surface area contributed by atoms with Crippen LogP contribution in [0.15, 0.2) is 54.6 Å². The summed E-state index contributed by atoms with van der Waals surface area (Å²) in [4.78, 5) is 4.49. The molecule has 0 saturated carbocycles. The second-order valence-corrected chi connectivity index (χ2v) is 6.84. The molecule has 2 aromatic heterocycles. The number of aromatic amines is 1. The van der Waals surface area contributed by atoms with E-state index in [4.69, 9.17) is 9.47 Å². The Morgan fingerprint density at radius 2 is 1.63 bits per heavy atom. The first-order chi connectivity index (χ1) is 14.7. The van der Waals surface area contributed by atoms with Gasteiger partial charge in [0.1, 0.15) is 6.61 Å². The lowest BCUT2D eigenvalue weighted by atomic mass is 9.95. The number of nitrogens with one attached hydrogen (secondary N) is 1. The molecule has 0 aliphatic heterocycles. The number of ether oxygens (including phenoxy) is 2. The lowest BCUT2D eigenvalue weighted by molar-refractivity contribution is 0.267. The molecule has 7 nitrogen and oxygen atoms in total. The predicted molar refractivity (Wildman–Crippen MR) is 114 cm³/mol. The van der Waals surface area contributed by atoms with E-state index in [1.165, 1.54) is 0 Å². The van der Waals surface area contributed by atoms with Gasteiger partial charge in [-0.15, -0.1) is 10.2 Å². The van der Waals surface area contributed by atoms with Crippen LogP contribution >= 0.6 is 0 Å². The lowest BCUT2D eigenvalue weighted by Gasteiger charge is -2.16. The second kappa shape index (κ2) is 8.73. The number of pyridine rings is 1. The van der Waals surface area contributed by atoms with E-state index in [0.717, 1.165) is 33.6 Å². The van der Waals surface area contributed by atoms with Gasteiger partial charge in [0.2, 0.25) is 5.82 Å². The van der Waals surface area contributed by atoms with Crippen LogP contribution in [-0.4, -0.2) is 32.2 Å². The fraction of sp³-hybridized carbons (Fsp3) is 0.217. The molecular weight excluding hydrogens is 378 g/mol. The van der Waals surface area contributed by atoms with Gasteiger partial charge >= 0.3 is 0 Å². The zero-order valence-electron chi connectivity index (χ0n) is 17.2. The molecule has 152 valence electrons. The molecule has 0 amide bonds. The molecule has 0 spiro atoms. The molecule has 30 heavy (non-hydrogen) atoms. The van der Waals surface area contributed by atoms with Crippen LogP contribution in [0.5, 0.6) is 11.5 Å². The van der Waals surface area contributed by atoms with E-state index in [0.29, 0.717) is 30.5 Å². The number of nitrogens with zero attached hydrogens (tertiary/aromatic N) is 4. The van der Waals surface area contributed by atoms with E-state index in [-0.39, 0.29) is 0 Å². The Hall–Kier alpha value is -3.74. The first-order valence-electron chi connectivity index (χ1n) is 9.82. The fourth-order valence-electron chi connectivity index (χ4n) is 3.46. The van der Waals surface area contributed by atoms with Gasteiger partial charge in [0.15, 0.2) is 11.5 Å². The van der Waals surface area contributed by atoms with Gasteiger partial charge in [0.05, 0.1) is 12.3 Å². The second-order valence-electron chi connectivity index (χ2n) is 6.84. The van der Waals surface area contributed by atoms with Crippen molar-refractivity contribution in [2.75, 3.05) is 6.61 Å². The zero-order chi connectivity index (χ0) is 20.9. The van der Waals surface area contributed by atoms with Crippen LogP contribution in [0, 0.1) is 13.8 Å². The molecule has 0 atom stereocenters. The van der Waals surface area contributed by atoms with Crippen molar-refractivity contribution in [1.82, 2.24) is 25.6 Å². The highest BCUT2D eigenvalue weighted by Crippen LogP contribution is 2.35. The third-order valence-electron chi connectivity index (χ3n) is 4.73. The maximum absolute atomic E-state index is 6.22. The van der Waals surface area contributed by atoms with Crippen LogP contribution in [0.2, 0.25) is 0 Å². The predicted octanol–water partition coefficient (Wildman–Crippen LogP) is 4.52. The normalized spacial score (nSPS) is 10.8. The standard InChI is InChI=1S/C23H23N5O2/c1-4-29-22-16(3)24-15(2)13-21(22)30-14-17-9-5-6-10-18(17)19-11-7-8-12-20(19)23-25-27-28-26-23/h5-13H,4,14H2,1-3H3,(H,25,26,27,28). The Morgan fingerprint density at radius 1 is 0.900 bits per heavy atom. The fourth-order valence-corrected chi connectivity index (χ4v) is 3.46. The molecule has 0 saturated heterocycles. The molecule has 2 heterocycles. The van der Waals surface area contributed by atoms with Gasteiger partial charge in [-0.2, -0.15) is 5.21 Å². The van der Waals surface area contributed by atoms with Crippen molar-refractivity contribution in [3.63, 3.8) is 0 Å². The van der Waals surface area contributed by atoms with Gasteiger partial charge in [-0.3, -0.25) is 4.98 Å². The quantitative estimate of drug-likeness (QED) is 0.490. The summed E-state index contributed by atoms with van der Waals surface area (Å²) in [5.41, 5.74) is 5.74. The molecule has 2 aromatic carbocycles. The molecule has 0 unspecified atom stereocenters. The SMILES string of the molecule is CCOc1c(OCc2ccccc2-c2ccccc2-c2nn[nH]n2)cc(C)nc1C. The van der Waals surface area contributed by atoms with Crippen LogP contribution in [-0.2, 0) is 6.61 Å². The van der Waals surface area contributed by atoms with Gasteiger partial charge in [-0.25, -0.2) is 0 Å². The number of rotatable bonds is 7. The van der Waals surface area contributed by atoms with Crippen LogP contribution in [0.3, 0.4) is 0 Å². The van der Waals surface area contributed by atoms with E-state index in [1.54, 1.807) is 0 Å². The van der Waals surface area contributed by atoms with E-state index in [2.05, 4.69) is 43.8 Å². The van der Waals surface area contributed by atoms with Crippen molar-refractivity contribution in [2.24, 2.45) is 0 Å². The van der Waals surface area contributed by atoms with Crippen molar-refractivity contribution in [1.29, 1.82) is 0 Å². The van der Waals surface area contributed by atoms with Crippen LogP contribution in [0.4, 0.5) is 0 Å². The van der Waals surface area contributed by atoms with Crippen molar-refractivity contribution >= 4 is 0 Å². The Kier molecular flexibility index (Phi) is 5.70. The van der Waals surface area contributed by atoms with Crippen molar-refractivity contribution in [3.05, 3.63) is 71.5 Å². The molecule has 0 aliphatic rings. The third-order valence-corrected chi connectivity index (χ3v) is 4.73. The molecule has 0 bridgehead atoms. The van der Waals surface area contributed by atoms with E-state index >= 15 is 0 Å². The Balaban J connectivity index is 1.69. The number of aryl methyl sites for hydroxylation is 2.